The number of benzene rings is 2. The van der Waals surface area contributed by atoms with Crippen molar-refractivity contribution in [3.05, 3.63) is 70.4 Å². The molecule has 2 aromatic carbocycles. The maximum Gasteiger partial charge on any atom is 0.283 e. The molecule has 7 nitrogen and oxygen atoms in total. The fraction of sp³-hybridized carbons (Fsp3) is 0.310. The number of hydrazone groups is 1. The molecule has 0 bridgehead atoms. The first kappa shape index (κ1) is 24.9. The van der Waals surface area contributed by atoms with E-state index in [2.05, 4.69) is 15.6 Å². The van der Waals surface area contributed by atoms with Crippen LogP contribution in [0.3, 0.4) is 0 Å². The Morgan fingerprint density at radius 2 is 1.89 bits per heavy atom. The van der Waals surface area contributed by atoms with E-state index in [1.807, 2.05) is 49.4 Å². The normalized spacial score (nSPS) is 19.2. The monoisotopic (exact) mass is 545 g/mol. The molecule has 3 aliphatic rings. The van der Waals surface area contributed by atoms with Gasteiger partial charge in [-0.2, -0.15) is 15.1 Å². The van der Waals surface area contributed by atoms with Crippen LogP contribution in [0.2, 0.25) is 5.02 Å². The van der Waals surface area contributed by atoms with Crippen molar-refractivity contribution in [2.24, 2.45) is 16.0 Å². The second-order valence-electron chi connectivity index (χ2n) is 9.76. The molecule has 2 aliphatic heterocycles. The van der Waals surface area contributed by atoms with Crippen molar-refractivity contribution >= 4 is 62.3 Å². The maximum absolute atomic E-state index is 13.1. The van der Waals surface area contributed by atoms with Crippen LogP contribution in [0.5, 0.6) is 5.75 Å². The van der Waals surface area contributed by atoms with E-state index < -0.39 is 5.91 Å². The van der Waals surface area contributed by atoms with Gasteiger partial charge in [0.25, 0.3) is 5.91 Å². The Morgan fingerprint density at radius 1 is 1.13 bits per heavy atom. The number of aliphatic imine (C=N–C) groups is 1. The summed E-state index contributed by atoms with van der Waals surface area (Å²) in [5.41, 5.74) is 3.20. The highest BCUT2D eigenvalue weighted by molar-refractivity contribution is 8.27. The molecule has 38 heavy (non-hydrogen) atoms. The number of nitrogens with zero attached hydrogens (tertiary/aromatic N) is 4. The summed E-state index contributed by atoms with van der Waals surface area (Å²) in [6, 6.07) is 15.4. The van der Waals surface area contributed by atoms with Gasteiger partial charge in [-0.15, -0.1) is 0 Å². The number of para-hydroxylation sites is 1. The van der Waals surface area contributed by atoms with Crippen LogP contribution in [0.25, 0.3) is 17.0 Å². The van der Waals surface area contributed by atoms with Gasteiger partial charge in [-0.05, 0) is 67.9 Å². The van der Waals surface area contributed by atoms with Gasteiger partial charge in [0.1, 0.15) is 17.4 Å². The number of nitrogens with one attached hydrogen (secondary N) is 1. The Labute approximate surface area is 230 Å². The maximum atomic E-state index is 13.1. The predicted octanol–water partition coefficient (Wildman–Crippen LogP) is 6.88. The molecular formula is C29H28ClN5O2S. The molecule has 194 valence electrons. The number of amidine groups is 2. The number of hydrogen-bond donors (Lipinski definition) is 1. The number of carbonyl (C=O) groups excluding carboxylic acids is 1. The van der Waals surface area contributed by atoms with E-state index in [0.717, 1.165) is 45.8 Å². The second kappa shape index (κ2) is 10.4. The van der Waals surface area contributed by atoms with Crippen LogP contribution in [0.15, 0.2) is 64.2 Å². The zero-order chi connectivity index (χ0) is 26.2. The third-order valence-corrected chi connectivity index (χ3v) is 8.71. The van der Waals surface area contributed by atoms with Crippen molar-refractivity contribution < 1.29 is 9.53 Å². The Hall–Kier alpha value is -3.36. The number of fused-ring (bicyclic) bond motifs is 2. The number of thioether (sulfide) groups is 1. The van der Waals surface area contributed by atoms with Crippen molar-refractivity contribution in [2.45, 2.75) is 45.6 Å². The van der Waals surface area contributed by atoms with E-state index in [9.17, 15) is 4.79 Å². The van der Waals surface area contributed by atoms with Crippen LogP contribution in [0.4, 0.5) is 0 Å². The number of ether oxygens (including phenoxy) is 1. The van der Waals surface area contributed by atoms with Gasteiger partial charge in [-0.25, -0.2) is 0 Å². The summed E-state index contributed by atoms with van der Waals surface area (Å²) in [6.07, 6.45) is 7.69. The molecule has 3 heterocycles. The van der Waals surface area contributed by atoms with Crippen LogP contribution in [0.1, 0.15) is 43.4 Å². The predicted molar refractivity (Wildman–Crippen MR) is 155 cm³/mol. The fourth-order valence-corrected chi connectivity index (χ4v) is 6.56. The summed E-state index contributed by atoms with van der Waals surface area (Å²) in [5.74, 6) is 0.849. The molecule has 1 saturated carbocycles. The molecule has 3 aromatic rings. The van der Waals surface area contributed by atoms with Gasteiger partial charge in [-0.3, -0.25) is 10.2 Å². The van der Waals surface area contributed by atoms with Crippen LogP contribution in [-0.2, 0) is 11.3 Å². The zero-order valence-corrected chi connectivity index (χ0v) is 22.7. The summed E-state index contributed by atoms with van der Waals surface area (Å²) in [4.78, 5) is 17.4. The SMILES string of the molecule is Cc1c(/C=C2/C(=N)N3N=C(C4CCCCC4)SC3=NC2=O)c2ccccc2n1CCOc1ccc(Cl)cc1. The second-order valence-corrected chi connectivity index (χ2v) is 11.2. The van der Waals surface area contributed by atoms with Crippen LogP contribution >= 0.6 is 23.4 Å². The Bertz CT molecular complexity index is 1520. The topological polar surface area (TPSA) is 83.0 Å². The molecule has 1 aromatic heterocycles. The van der Waals surface area contributed by atoms with Gasteiger partial charge >= 0.3 is 0 Å². The molecule has 1 aliphatic carbocycles. The smallest absolute Gasteiger partial charge is 0.283 e. The third-order valence-electron chi connectivity index (χ3n) is 7.39. The first-order valence-electron chi connectivity index (χ1n) is 13.0. The average molecular weight is 546 g/mol. The lowest BCUT2D eigenvalue weighted by atomic mass is 9.90. The van der Waals surface area contributed by atoms with E-state index >= 15 is 0 Å². The summed E-state index contributed by atoms with van der Waals surface area (Å²) in [7, 11) is 0. The highest BCUT2D eigenvalue weighted by Crippen LogP contribution is 2.37. The minimum Gasteiger partial charge on any atom is -0.492 e. The van der Waals surface area contributed by atoms with Crippen molar-refractivity contribution in [2.75, 3.05) is 6.61 Å². The third kappa shape index (κ3) is 4.67. The van der Waals surface area contributed by atoms with Gasteiger partial charge in [0.2, 0.25) is 5.17 Å². The van der Waals surface area contributed by atoms with Crippen LogP contribution in [-0.4, -0.2) is 38.1 Å². The Morgan fingerprint density at radius 3 is 2.68 bits per heavy atom. The largest absolute Gasteiger partial charge is 0.492 e. The van der Waals surface area contributed by atoms with Gasteiger partial charge in [-0.1, -0.05) is 49.1 Å². The van der Waals surface area contributed by atoms with Gasteiger partial charge in [0.05, 0.1) is 12.1 Å². The summed E-state index contributed by atoms with van der Waals surface area (Å²) in [6.45, 7) is 3.14. The molecule has 9 heteroatoms. The van der Waals surface area contributed by atoms with Gasteiger partial charge in [0, 0.05) is 33.1 Å². The highest BCUT2D eigenvalue weighted by Gasteiger charge is 2.38. The van der Waals surface area contributed by atoms with E-state index in [-0.39, 0.29) is 11.4 Å². The molecular weight excluding hydrogens is 518 g/mol. The minimum atomic E-state index is -0.392. The lowest BCUT2D eigenvalue weighted by molar-refractivity contribution is -0.114. The Balaban J connectivity index is 1.29. The van der Waals surface area contributed by atoms with Crippen LogP contribution < -0.4 is 4.74 Å². The number of carbonyl (C=O) groups is 1. The lowest BCUT2D eigenvalue weighted by Gasteiger charge is -2.20. The quantitative estimate of drug-likeness (QED) is 0.342. The molecule has 6 rings (SSSR count). The molecule has 0 radical (unpaired) electrons. The van der Waals surface area contributed by atoms with Gasteiger partial charge in [0.15, 0.2) is 5.84 Å². The minimum absolute atomic E-state index is 0.0839. The number of hydrogen-bond acceptors (Lipinski definition) is 5. The van der Waals surface area contributed by atoms with Crippen molar-refractivity contribution in [1.29, 1.82) is 5.41 Å². The number of halogens is 1. The molecule has 1 N–H and O–H groups in total. The van der Waals surface area contributed by atoms with E-state index in [1.165, 1.54) is 36.0 Å². The number of amides is 1. The summed E-state index contributed by atoms with van der Waals surface area (Å²) < 4.78 is 8.13. The van der Waals surface area contributed by atoms with Crippen molar-refractivity contribution in [3.8, 4) is 5.75 Å². The van der Waals surface area contributed by atoms with E-state index in [1.54, 1.807) is 6.08 Å². The zero-order valence-electron chi connectivity index (χ0n) is 21.1. The Kier molecular flexibility index (Phi) is 6.84. The summed E-state index contributed by atoms with van der Waals surface area (Å²) in [5, 5.41) is 18.3. The first-order valence-corrected chi connectivity index (χ1v) is 14.2. The average Bonchev–Trinajstić information content (AvgIpc) is 3.47. The fourth-order valence-electron chi connectivity index (χ4n) is 5.38. The molecule has 0 atom stereocenters. The standard InChI is InChI=1S/C29H28ClN5O2S/c1-18-23(22-9-5-6-10-25(22)34(18)15-16-37-21-13-11-20(30)12-14-21)17-24-26(31)35-29(32-27(24)36)38-28(33-35)19-7-3-2-4-8-19/h5-6,9-14,17,19,31H,2-4,7-8,15-16H2,1H3/b24-17-,31-26?. The van der Waals surface area contributed by atoms with E-state index in [0.29, 0.717) is 29.3 Å². The van der Waals surface area contributed by atoms with Crippen LogP contribution in [0, 0.1) is 18.3 Å². The molecule has 0 spiro atoms. The molecule has 1 fully saturated rings. The first-order chi connectivity index (χ1) is 18.5. The lowest BCUT2D eigenvalue weighted by Crippen LogP contribution is -2.35. The van der Waals surface area contributed by atoms with Gasteiger partial charge < -0.3 is 9.30 Å². The summed E-state index contributed by atoms with van der Waals surface area (Å²) >= 11 is 7.43. The molecule has 1 amide bonds. The van der Waals surface area contributed by atoms with E-state index in [4.69, 9.17) is 26.8 Å². The van der Waals surface area contributed by atoms with Crippen molar-refractivity contribution in [1.82, 2.24) is 9.58 Å². The molecule has 0 saturated heterocycles. The number of aromatic nitrogens is 1. The molecule has 0 unspecified atom stereocenters. The van der Waals surface area contributed by atoms with Crippen molar-refractivity contribution in [3.63, 3.8) is 0 Å². The highest BCUT2D eigenvalue weighted by atomic mass is 35.5. The number of rotatable bonds is 6.